The van der Waals surface area contributed by atoms with Gasteiger partial charge in [-0.3, -0.25) is 9.59 Å². The number of carbonyl (C=O) groups excluding carboxylic acids is 2. The maximum Gasteiger partial charge on any atom is 0.276 e. The minimum absolute atomic E-state index is 0.0964. The van der Waals surface area contributed by atoms with Crippen LogP contribution in [0.2, 0.25) is 0 Å². The molecule has 0 aliphatic carbocycles. The summed E-state index contributed by atoms with van der Waals surface area (Å²) >= 11 is 1.12. The van der Waals surface area contributed by atoms with Crippen LogP contribution in [0, 0.1) is 6.92 Å². The van der Waals surface area contributed by atoms with E-state index in [4.69, 9.17) is 4.74 Å². The van der Waals surface area contributed by atoms with Crippen LogP contribution in [0.25, 0.3) is 0 Å². The average molecular weight is 417 g/mol. The summed E-state index contributed by atoms with van der Waals surface area (Å²) in [7, 11) is 0. The van der Waals surface area contributed by atoms with Gasteiger partial charge in [-0.25, -0.2) is 0 Å². The third-order valence-electron chi connectivity index (χ3n) is 4.72. The van der Waals surface area contributed by atoms with Gasteiger partial charge in [0.15, 0.2) is 5.69 Å². The fourth-order valence-electron chi connectivity index (χ4n) is 3.38. The summed E-state index contributed by atoms with van der Waals surface area (Å²) in [4.78, 5) is 28.3. The highest BCUT2D eigenvalue weighted by molar-refractivity contribution is 7.03. The fraction of sp³-hybridized carbons (Fsp3) is 0.524. The first kappa shape index (κ1) is 21.4. The van der Waals surface area contributed by atoms with Crippen molar-refractivity contribution in [2.24, 2.45) is 0 Å². The number of rotatable bonds is 6. The fourth-order valence-corrected chi connectivity index (χ4v) is 3.81. The Kier molecular flexibility index (Phi) is 6.64. The molecule has 0 saturated carbocycles. The molecular formula is C21H28N4O3S. The second-order valence-electron chi connectivity index (χ2n) is 8.44. The van der Waals surface area contributed by atoms with Crippen molar-refractivity contribution < 1.29 is 14.3 Å². The van der Waals surface area contributed by atoms with Crippen LogP contribution in [-0.2, 0) is 9.53 Å². The Morgan fingerprint density at radius 1 is 1.31 bits per heavy atom. The normalized spacial score (nSPS) is 17.7. The molecule has 0 unspecified atom stereocenters. The van der Waals surface area contributed by atoms with Crippen LogP contribution in [0.15, 0.2) is 29.6 Å². The van der Waals surface area contributed by atoms with E-state index in [1.165, 1.54) is 0 Å². The summed E-state index contributed by atoms with van der Waals surface area (Å²) in [6.07, 6.45) is 1.72. The second kappa shape index (κ2) is 9.00. The van der Waals surface area contributed by atoms with E-state index in [2.05, 4.69) is 14.9 Å². The first-order valence-electron chi connectivity index (χ1n) is 9.83. The molecule has 156 valence electrons. The molecule has 0 bridgehead atoms. The molecule has 1 aromatic heterocycles. The quantitative estimate of drug-likeness (QED) is 0.782. The van der Waals surface area contributed by atoms with Gasteiger partial charge in [0.2, 0.25) is 5.91 Å². The van der Waals surface area contributed by atoms with Crippen molar-refractivity contribution >= 4 is 23.3 Å². The molecule has 1 aromatic carbocycles. The zero-order valence-corrected chi connectivity index (χ0v) is 18.2. The molecule has 1 aliphatic rings. The van der Waals surface area contributed by atoms with Crippen LogP contribution in [0.3, 0.4) is 0 Å². The number of nitrogens with one attached hydrogen (secondary N) is 1. The van der Waals surface area contributed by atoms with Gasteiger partial charge in [-0.1, -0.05) is 34.3 Å². The molecule has 7 nitrogen and oxygen atoms in total. The van der Waals surface area contributed by atoms with Crippen LogP contribution in [-0.4, -0.2) is 51.1 Å². The van der Waals surface area contributed by atoms with Crippen LogP contribution in [0.1, 0.15) is 61.3 Å². The van der Waals surface area contributed by atoms with Crippen LogP contribution in [0.5, 0.6) is 0 Å². The SMILES string of the molecule is Cc1ccc([C@@H](C(=O)NC(C)(C)C)N(C[C@H]2CCCO2)C(=O)c2csnn2)cc1. The number of aryl methyl sites for hydroxylation is 1. The van der Waals surface area contributed by atoms with Gasteiger partial charge in [0, 0.05) is 24.1 Å². The Morgan fingerprint density at radius 2 is 2.03 bits per heavy atom. The summed E-state index contributed by atoms with van der Waals surface area (Å²) in [6.45, 7) is 8.76. The van der Waals surface area contributed by atoms with Gasteiger partial charge in [-0.05, 0) is 57.6 Å². The lowest BCUT2D eigenvalue weighted by molar-refractivity contribution is -0.127. The highest BCUT2D eigenvalue weighted by Gasteiger charge is 2.36. The predicted octanol–water partition coefficient (Wildman–Crippen LogP) is 3.12. The second-order valence-corrected chi connectivity index (χ2v) is 9.04. The van der Waals surface area contributed by atoms with Crippen molar-refractivity contribution in [3.8, 4) is 0 Å². The summed E-state index contributed by atoms with van der Waals surface area (Å²) in [5.74, 6) is -0.542. The van der Waals surface area contributed by atoms with E-state index in [0.717, 1.165) is 35.5 Å². The maximum absolute atomic E-state index is 13.4. The summed E-state index contributed by atoms with van der Waals surface area (Å²) in [5, 5.41) is 8.58. The Morgan fingerprint density at radius 3 is 2.59 bits per heavy atom. The molecule has 8 heteroatoms. The molecule has 2 aromatic rings. The Hall–Kier alpha value is -2.32. The summed E-state index contributed by atoms with van der Waals surface area (Å²) in [5.41, 5.74) is 1.66. The smallest absolute Gasteiger partial charge is 0.276 e. The van der Waals surface area contributed by atoms with Gasteiger partial charge in [-0.2, -0.15) is 0 Å². The first-order chi connectivity index (χ1) is 13.7. The van der Waals surface area contributed by atoms with Crippen molar-refractivity contribution in [2.75, 3.05) is 13.2 Å². The molecule has 1 aliphatic heterocycles. The van der Waals surface area contributed by atoms with Crippen molar-refractivity contribution in [3.63, 3.8) is 0 Å². The van der Waals surface area contributed by atoms with Crippen molar-refractivity contribution in [1.82, 2.24) is 19.8 Å². The number of carbonyl (C=O) groups is 2. The lowest BCUT2D eigenvalue weighted by Crippen LogP contribution is -2.50. The average Bonchev–Trinajstić information content (AvgIpc) is 3.34. The van der Waals surface area contributed by atoms with E-state index in [-0.39, 0.29) is 23.6 Å². The number of nitrogens with zero attached hydrogens (tertiary/aromatic N) is 3. The van der Waals surface area contributed by atoms with E-state index in [0.29, 0.717) is 13.2 Å². The molecule has 29 heavy (non-hydrogen) atoms. The number of amides is 2. The highest BCUT2D eigenvalue weighted by atomic mass is 32.1. The van der Waals surface area contributed by atoms with E-state index in [1.807, 2.05) is 52.0 Å². The largest absolute Gasteiger partial charge is 0.376 e. The van der Waals surface area contributed by atoms with Gasteiger partial charge >= 0.3 is 0 Å². The third-order valence-corrected chi connectivity index (χ3v) is 5.22. The minimum atomic E-state index is -0.784. The third kappa shape index (κ3) is 5.61. The molecule has 2 amide bonds. The molecule has 2 heterocycles. The van der Waals surface area contributed by atoms with Crippen LogP contribution < -0.4 is 5.32 Å². The zero-order chi connectivity index (χ0) is 21.0. The standard InChI is InChI=1S/C21H28N4O3S/c1-14-7-9-15(10-8-14)18(19(26)22-21(2,3)4)25(12-16-6-5-11-28-16)20(27)17-13-29-24-23-17/h7-10,13,16,18H,5-6,11-12H2,1-4H3,(H,22,26)/t16-,18+/m1/s1. The maximum atomic E-state index is 13.4. The number of ether oxygens (including phenoxy) is 1. The van der Waals surface area contributed by atoms with E-state index < -0.39 is 11.6 Å². The lowest BCUT2D eigenvalue weighted by atomic mass is 9.99. The molecule has 3 rings (SSSR count). The minimum Gasteiger partial charge on any atom is -0.376 e. The zero-order valence-electron chi connectivity index (χ0n) is 17.3. The molecular weight excluding hydrogens is 388 g/mol. The number of aromatic nitrogens is 2. The predicted molar refractivity (Wildman–Crippen MR) is 112 cm³/mol. The van der Waals surface area contributed by atoms with E-state index in [1.54, 1.807) is 10.3 Å². The molecule has 2 atom stereocenters. The van der Waals surface area contributed by atoms with Crippen LogP contribution in [0.4, 0.5) is 0 Å². The topological polar surface area (TPSA) is 84.4 Å². The van der Waals surface area contributed by atoms with Gasteiger partial charge in [0.05, 0.1) is 6.10 Å². The van der Waals surface area contributed by atoms with Crippen LogP contribution >= 0.6 is 11.5 Å². The van der Waals surface area contributed by atoms with E-state index in [9.17, 15) is 9.59 Å². The van der Waals surface area contributed by atoms with Crippen molar-refractivity contribution in [3.05, 3.63) is 46.5 Å². The van der Waals surface area contributed by atoms with Gasteiger partial charge < -0.3 is 15.0 Å². The Balaban J connectivity index is 2.00. The van der Waals surface area contributed by atoms with Crippen molar-refractivity contribution in [1.29, 1.82) is 0 Å². The highest BCUT2D eigenvalue weighted by Crippen LogP contribution is 2.27. The number of hydrogen-bond donors (Lipinski definition) is 1. The monoisotopic (exact) mass is 416 g/mol. The van der Waals surface area contributed by atoms with Gasteiger partial charge in [0.1, 0.15) is 6.04 Å². The summed E-state index contributed by atoms with van der Waals surface area (Å²) in [6, 6.07) is 6.92. The van der Waals surface area contributed by atoms with Gasteiger partial charge in [-0.15, -0.1) is 5.10 Å². The first-order valence-corrected chi connectivity index (χ1v) is 10.7. The molecule has 0 radical (unpaired) electrons. The Labute approximate surface area is 175 Å². The number of benzene rings is 1. The van der Waals surface area contributed by atoms with Crippen molar-refractivity contribution in [2.45, 2.75) is 58.2 Å². The lowest BCUT2D eigenvalue weighted by Gasteiger charge is -2.34. The molecule has 0 spiro atoms. The number of hydrogen-bond acceptors (Lipinski definition) is 6. The Bertz CT molecular complexity index is 825. The molecule has 1 N–H and O–H groups in total. The van der Waals surface area contributed by atoms with Gasteiger partial charge in [0.25, 0.3) is 5.91 Å². The van der Waals surface area contributed by atoms with E-state index >= 15 is 0 Å². The molecule has 1 saturated heterocycles. The summed E-state index contributed by atoms with van der Waals surface area (Å²) < 4.78 is 9.60. The molecule has 1 fully saturated rings.